The van der Waals surface area contributed by atoms with E-state index in [1.165, 1.54) is 22.3 Å². The van der Waals surface area contributed by atoms with Crippen LogP contribution in [0.15, 0.2) is 24.3 Å². The minimum absolute atomic E-state index is 0.150. The fourth-order valence-electron chi connectivity index (χ4n) is 2.57. The first-order chi connectivity index (χ1) is 11.5. The Balaban J connectivity index is 1.96. The first-order valence-corrected chi connectivity index (χ1v) is 8.57. The molecule has 1 aromatic carbocycles. The van der Waals surface area contributed by atoms with E-state index in [1.54, 1.807) is 25.1 Å². The maximum Gasteiger partial charge on any atom is 0.274 e. The number of benzene rings is 1. The lowest BCUT2D eigenvalue weighted by Gasteiger charge is -2.20. The molecule has 0 unspecified atom stereocenters. The van der Waals surface area contributed by atoms with Crippen molar-refractivity contribution < 1.29 is 14.0 Å². The van der Waals surface area contributed by atoms with Gasteiger partial charge in [0.15, 0.2) is 0 Å². The number of hydrogen-bond donors (Lipinski definition) is 1. The van der Waals surface area contributed by atoms with Gasteiger partial charge in [-0.15, -0.1) is 11.3 Å². The third-order valence-corrected chi connectivity index (χ3v) is 4.87. The van der Waals surface area contributed by atoms with Crippen LogP contribution in [0.3, 0.4) is 0 Å². The summed E-state index contributed by atoms with van der Waals surface area (Å²) in [5, 5.41) is 0.669. The third-order valence-electron chi connectivity index (χ3n) is 3.86. The molecule has 0 bridgehead atoms. The van der Waals surface area contributed by atoms with Gasteiger partial charge in [0.2, 0.25) is 5.91 Å². The Morgan fingerprint density at radius 2 is 2.08 bits per heavy atom. The number of aromatic nitrogens is 1. The maximum absolute atomic E-state index is 14.1. The lowest BCUT2D eigenvalue weighted by Crippen LogP contribution is -2.40. The molecule has 2 N–H and O–H groups in total. The standard InChI is InChI=1S/C17H18FN3O2S/c1-10-20-15(16(24-10)12-4-2-3-5-13(12)18)17(23)21(9-14(19)22)8-11-6-7-11/h2-5,11H,6-9H2,1H3,(H2,19,22). The summed E-state index contributed by atoms with van der Waals surface area (Å²) in [6.45, 7) is 2.10. The van der Waals surface area contributed by atoms with Crippen LogP contribution in [0, 0.1) is 18.7 Å². The summed E-state index contributed by atoms with van der Waals surface area (Å²) in [4.78, 5) is 30.4. The van der Waals surface area contributed by atoms with E-state index in [0.29, 0.717) is 27.9 Å². The zero-order chi connectivity index (χ0) is 17.3. The number of carbonyl (C=O) groups excluding carboxylic acids is 2. The molecule has 2 aromatic rings. The maximum atomic E-state index is 14.1. The predicted octanol–water partition coefficient (Wildman–Crippen LogP) is 2.60. The first kappa shape index (κ1) is 16.6. The number of thiazole rings is 1. The minimum Gasteiger partial charge on any atom is -0.368 e. The van der Waals surface area contributed by atoms with Gasteiger partial charge in [-0.25, -0.2) is 9.37 Å². The van der Waals surface area contributed by atoms with Gasteiger partial charge in [0.05, 0.1) is 16.4 Å². The highest BCUT2D eigenvalue weighted by molar-refractivity contribution is 7.15. The predicted molar refractivity (Wildman–Crippen MR) is 90.1 cm³/mol. The third kappa shape index (κ3) is 3.62. The summed E-state index contributed by atoms with van der Waals surface area (Å²) in [7, 11) is 0. The molecule has 1 aliphatic carbocycles. The molecule has 7 heteroatoms. The van der Waals surface area contributed by atoms with Crippen molar-refractivity contribution in [2.24, 2.45) is 11.7 Å². The van der Waals surface area contributed by atoms with Crippen LogP contribution in [0.1, 0.15) is 28.3 Å². The van der Waals surface area contributed by atoms with E-state index in [1.807, 2.05) is 0 Å². The lowest BCUT2D eigenvalue weighted by molar-refractivity contribution is -0.118. The van der Waals surface area contributed by atoms with E-state index in [-0.39, 0.29) is 18.1 Å². The van der Waals surface area contributed by atoms with Gasteiger partial charge >= 0.3 is 0 Å². The van der Waals surface area contributed by atoms with Crippen molar-refractivity contribution in [3.05, 3.63) is 40.8 Å². The molecule has 0 atom stereocenters. The summed E-state index contributed by atoms with van der Waals surface area (Å²) in [6, 6.07) is 6.29. The Bertz CT molecular complexity index is 786. The zero-order valence-electron chi connectivity index (χ0n) is 13.3. The van der Waals surface area contributed by atoms with Crippen LogP contribution in [0.4, 0.5) is 4.39 Å². The van der Waals surface area contributed by atoms with Crippen LogP contribution < -0.4 is 5.73 Å². The lowest BCUT2D eigenvalue weighted by atomic mass is 10.1. The van der Waals surface area contributed by atoms with E-state index < -0.39 is 11.7 Å². The molecule has 1 saturated carbocycles. The normalized spacial score (nSPS) is 13.8. The quantitative estimate of drug-likeness (QED) is 0.872. The molecule has 3 rings (SSSR count). The largest absolute Gasteiger partial charge is 0.368 e. The van der Waals surface area contributed by atoms with Gasteiger partial charge in [0.1, 0.15) is 11.5 Å². The molecule has 0 saturated heterocycles. The average molecular weight is 347 g/mol. The highest BCUT2D eigenvalue weighted by Crippen LogP contribution is 2.34. The topological polar surface area (TPSA) is 76.3 Å². The van der Waals surface area contributed by atoms with Crippen LogP contribution in [0.25, 0.3) is 10.4 Å². The van der Waals surface area contributed by atoms with Crippen molar-refractivity contribution in [3.63, 3.8) is 0 Å². The number of nitrogens with two attached hydrogens (primary N) is 1. The summed E-state index contributed by atoms with van der Waals surface area (Å²) in [5.74, 6) is -0.935. The molecular weight excluding hydrogens is 329 g/mol. The fourth-order valence-corrected chi connectivity index (χ4v) is 3.51. The zero-order valence-corrected chi connectivity index (χ0v) is 14.1. The minimum atomic E-state index is -0.566. The molecule has 5 nitrogen and oxygen atoms in total. The van der Waals surface area contributed by atoms with Gasteiger partial charge in [0.25, 0.3) is 5.91 Å². The van der Waals surface area contributed by atoms with Crippen LogP contribution >= 0.6 is 11.3 Å². The van der Waals surface area contributed by atoms with Crippen LogP contribution in [0.2, 0.25) is 0 Å². The Morgan fingerprint density at radius 3 is 2.71 bits per heavy atom. The number of hydrogen-bond acceptors (Lipinski definition) is 4. The molecule has 1 fully saturated rings. The number of nitrogens with zero attached hydrogens (tertiary/aromatic N) is 2. The second-order valence-electron chi connectivity index (χ2n) is 5.99. The van der Waals surface area contributed by atoms with E-state index in [4.69, 9.17) is 5.73 Å². The highest BCUT2D eigenvalue weighted by atomic mass is 32.1. The van der Waals surface area contributed by atoms with Crippen molar-refractivity contribution in [2.75, 3.05) is 13.1 Å². The van der Waals surface area contributed by atoms with E-state index in [0.717, 1.165) is 12.8 Å². The van der Waals surface area contributed by atoms with Crippen LogP contribution in [-0.4, -0.2) is 34.8 Å². The monoisotopic (exact) mass is 347 g/mol. The molecule has 0 aliphatic heterocycles. The first-order valence-electron chi connectivity index (χ1n) is 7.75. The van der Waals surface area contributed by atoms with E-state index >= 15 is 0 Å². The van der Waals surface area contributed by atoms with Crippen LogP contribution in [-0.2, 0) is 4.79 Å². The molecule has 1 heterocycles. The Morgan fingerprint density at radius 1 is 1.38 bits per heavy atom. The summed E-state index contributed by atoms with van der Waals surface area (Å²) in [5.41, 5.74) is 5.80. The van der Waals surface area contributed by atoms with Crippen molar-refractivity contribution in [1.29, 1.82) is 0 Å². The number of aryl methyl sites for hydroxylation is 1. The van der Waals surface area contributed by atoms with Crippen molar-refractivity contribution in [3.8, 4) is 10.4 Å². The van der Waals surface area contributed by atoms with Gasteiger partial charge in [-0.3, -0.25) is 9.59 Å². The molecule has 126 valence electrons. The molecule has 0 radical (unpaired) electrons. The number of carbonyl (C=O) groups is 2. The molecule has 2 amide bonds. The van der Waals surface area contributed by atoms with Gasteiger partial charge in [-0.2, -0.15) is 0 Å². The van der Waals surface area contributed by atoms with Crippen LogP contribution in [0.5, 0.6) is 0 Å². The Labute approximate surface area is 143 Å². The molecule has 24 heavy (non-hydrogen) atoms. The molecule has 1 aliphatic rings. The molecule has 0 spiro atoms. The number of primary amides is 1. The number of amides is 2. The fraction of sp³-hybridized carbons (Fsp3) is 0.353. The Kier molecular flexibility index (Phi) is 4.62. The summed E-state index contributed by atoms with van der Waals surface area (Å²) >= 11 is 1.27. The SMILES string of the molecule is Cc1nc(C(=O)N(CC(N)=O)CC2CC2)c(-c2ccccc2F)s1. The van der Waals surface area contributed by atoms with Crippen molar-refractivity contribution >= 4 is 23.2 Å². The average Bonchev–Trinajstić information content (AvgIpc) is 3.26. The number of halogens is 1. The molecule has 1 aromatic heterocycles. The second kappa shape index (κ2) is 6.68. The number of rotatable bonds is 6. The van der Waals surface area contributed by atoms with Gasteiger partial charge < -0.3 is 10.6 Å². The second-order valence-corrected chi connectivity index (χ2v) is 7.19. The smallest absolute Gasteiger partial charge is 0.274 e. The van der Waals surface area contributed by atoms with Crippen molar-refractivity contribution in [1.82, 2.24) is 9.88 Å². The molecular formula is C17H18FN3O2S. The summed E-state index contributed by atoms with van der Waals surface area (Å²) < 4.78 is 14.1. The summed E-state index contributed by atoms with van der Waals surface area (Å²) in [6.07, 6.45) is 2.08. The van der Waals surface area contributed by atoms with Gasteiger partial charge in [0, 0.05) is 12.1 Å². The van der Waals surface area contributed by atoms with Gasteiger partial charge in [-0.1, -0.05) is 18.2 Å². The van der Waals surface area contributed by atoms with E-state index in [2.05, 4.69) is 4.98 Å². The van der Waals surface area contributed by atoms with E-state index in [9.17, 15) is 14.0 Å². The highest BCUT2D eigenvalue weighted by Gasteiger charge is 2.31. The van der Waals surface area contributed by atoms with Crippen molar-refractivity contribution in [2.45, 2.75) is 19.8 Å². The van der Waals surface area contributed by atoms with Gasteiger partial charge in [-0.05, 0) is 31.7 Å². The Hall–Kier alpha value is -2.28.